The number of ketones is 1. The molecule has 1 aromatic heterocycles. The van der Waals surface area contributed by atoms with Crippen molar-refractivity contribution in [2.75, 3.05) is 39.5 Å². The van der Waals surface area contributed by atoms with Gasteiger partial charge >= 0.3 is 0 Å². The largest absolute Gasteiger partial charge is 0.469 e. The molecular weight excluding hydrogens is 504 g/mol. The van der Waals surface area contributed by atoms with E-state index in [0.717, 1.165) is 25.7 Å². The number of nitrogens with zero attached hydrogens (tertiary/aromatic N) is 1. The molecule has 11 nitrogen and oxygen atoms in total. The van der Waals surface area contributed by atoms with Crippen molar-refractivity contribution in [2.24, 2.45) is 5.92 Å². The van der Waals surface area contributed by atoms with Crippen molar-refractivity contribution in [3.63, 3.8) is 0 Å². The second kappa shape index (κ2) is 13.5. The first-order valence-electron chi connectivity index (χ1n) is 14.1. The van der Waals surface area contributed by atoms with Gasteiger partial charge in [-0.3, -0.25) is 24.1 Å². The number of Topliss-reactive ketones (excluding diaryl/α,β-unsaturated/α-hetero) is 1. The van der Waals surface area contributed by atoms with Crippen LogP contribution in [0.1, 0.15) is 58.1 Å². The van der Waals surface area contributed by atoms with Gasteiger partial charge in [0.1, 0.15) is 17.8 Å². The minimum Gasteiger partial charge on any atom is -0.469 e. The zero-order chi connectivity index (χ0) is 27.8. The third-order valence-electron chi connectivity index (χ3n) is 7.79. The van der Waals surface area contributed by atoms with Crippen LogP contribution in [0.25, 0.3) is 0 Å². The fraction of sp³-hybridized carbons (Fsp3) is 0.714. The van der Waals surface area contributed by atoms with Gasteiger partial charge in [-0.1, -0.05) is 25.7 Å². The molecule has 3 amide bonds. The minimum atomic E-state index is -0.978. The Hall–Kier alpha value is -2.76. The Kier molecular flexibility index (Phi) is 10.1. The number of rotatable bonds is 14. The van der Waals surface area contributed by atoms with Gasteiger partial charge in [-0.15, -0.1) is 0 Å². The van der Waals surface area contributed by atoms with Crippen molar-refractivity contribution in [1.82, 2.24) is 20.9 Å². The normalized spacial score (nSPS) is 23.9. The van der Waals surface area contributed by atoms with Crippen LogP contribution in [0.15, 0.2) is 22.8 Å². The van der Waals surface area contributed by atoms with Crippen LogP contribution in [0, 0.1) is 5.92 Å². The highest BCUT2D eigenvalue weighted by atomic mass is 16.6. The minimum absolute atomic E-state index is 0.0536. The fourth-order valence-electron chi connectivity index (χ4n) is 5.29. The number of nitrogens with one attached hydrogen (secondary N) is 3. The van der Waals surface area contributed by atoms with Crippen LogP contribution >= 0.6 is 0 Å². The topological polar surface area (TPSA) is 143 Å². The number of epoxide rings is 1. The van der Waals surface area contributed by atoms with Crippen LogP contribution < -0.4 is 16.0 Å². The van der Waals surface area contributed by atoms with Crippen LogP contribution in [0.3, 0.4) is 0 Å². The Labute approximate surface area is 229 Å². The molecule has 0 spiro atoms. The number of furan rings is 1. The molecule has 0 radical (unpaired) electrons. The summed E-state index contributed by atoms with van der Waals surface area (Å²) < 4.78 is 16.2. The van der Waals surface area contributed by atoms with Crippen LogP contribution in [0.5, 0.6) is 0 Å². The van der Waals surface area contributed by atoms with Gasteiger partial charge in [0.05, 0.1) is 44.3 Å². The van der Waals surface area contributed by atoms with E-state index in [1.54, 1.807) is 19.1 Å². The molecule has 39 heavy (non-hydrogen) atoms. The van der Waals surface area contributed by atoms with Crippen molar-refractivity contribution in [2.45, 2.75) is 82.5 Å². The van der Waals surface area contributed by atoms with E-state index < -0.39 is 35.5 Å². The van der Waals surface area contributed by atoms with Crippen molar-refractivity contribution >= 4 is 23.5 Å². The highest BCUT2D eigenvalue weighted by Gasteiger charge is 2.43. The molecule has 1 aromatic rings. The number of carbonyl (C=O) groups excluding carboxylic acids is 4. The lowest BCUT2D eigenvalue weighted by Gasteiger charge is -2.27. The average molecular weight is 547 g/mol. The van der Waals surface area contributed by atoms with E-state index in [9.17, 15) is 19.2 Å². The standard InChI is InChI=1S/C28H42N4O7/c1-19(29-25(34)17-32-9-12-37-13-10-32)26(35)31-23(15-21-8-5-11-38-21)27(36)30-22(14-20-6-3-4-7-20)24(33)16-28(2)18-39-28/h5,8,11,19-20,22-23H,3-4,6-7,9-10,12-18H2,1-2H3,(H,29,34)(H,30,36)(H,31,35). The molecule has 3 N–H and O–H groups in total. The summed E-state index contributed by atoms with van der Waals surface area (Å²) in [7, 11) is 0. The molecule has 3 fully saturated rings. The Morgan fingerprint density at radius 2 is 1.74 bits per heavy atom. The lowest BCUT2D eigenvalue weighted by atomic mass is 9.91. The highest BCUT2D eigenvalue weighted by Crippen LogP contribution is 2.33. The smallest absolute Gasteiger partial charge is 0.243 e. The van der Waals surface area contributed by atoms with E-state index in [1.807, 2.05) is 11.8 Å². The number of amides is 3. The maximum absolute atomic E-state index is 13.5. The molecule has 216 valence electrons. The van der Waals surface area contributed by atoms with Crippen LogP contribution in [-0.4, -0.2) is 91.6 Å². The van der Waals surface area contributed by atoms with E-state index in [-0.39, 0.29) is 31.1 Å². The second-order valence-corrected chi connectivity index (χ2v) is 11.4. The maximum Gasteiger partial charge on any atom is 0.243 e. The predicted molar refractivity (Wildman–Crippen MR) is 142 cm³/mol. The molecule has 4 rings (SSSR count). The molecule has 2 saturated heterocycles. The second-order valence-electron chi connectivity index (χ2n) is 11.4. The molecule has 2 aliphatic heterocycles. The van der Waals surface area contributed by atoms with Gasteiger partial charge in [0.15, 0.2) is 5.78 Å². The summed E-state index contributed by atoms with van der Waals surface area (Å²) in [6, 6.07) is 0.959. The first-order valence-corrected chi connectivity index (χ1v) is 14.1. The third-order valence-corrected chi connectivity index (χ3v) is 7.79. The molecule has 4 atom stereocenters. The molecule has 11 heteroatoms. The lowest BCUT2D eigenvalue weighted by Crippen LogP contribution is -2.56. The Morgan fingerprint density at radius 1 is 1.05 bits per heavy atom. The number of hydrogen-bond acceptors (Lipinski definition) is 8. The summed E-state index contributed by atoms with van der Waals surface area (Å²) >= 11 is 0. The van der Waals surface area contributed by atoms with Gasteiger partial charge in [0, 0.05) is 25.9 Å². The number of carbonyl (C=O) groups is 4. The molecular formula is C28H42N4O7. The van der Waals surface area contributed by atoms with E-state index >= 15 is 0 Å². The Bertz CT molecular complexity index is 982. The van der Waals surface area contributed by atoms with E-state index in [0.29, 0.717) is 51.0 Å². The SMILES string of the molecule is CC(NC(=O)CN1CCOCC1)C(=O)NC(Cc1ccco1)C(=O)NC(CC1CCCC1)C(=O)CC1(C)CO1. The van der Waals surface area contributed by atoms with Gasteiger partial charge in [0.25, 0.3) is 0 Å². The Morgan fingerprint density at radius 3 is 2.38 bits per heavy atom. The summed E-state index contributed by atoms with van der Waals surface area (Å²) in [4.78, 5) is 54.3. The molecule has 4 unspecified atom stereocenters. The number of hydrogen-bond donors (Lipinski definition) is 3. The fourth-order valence-corrected chi connectivity index (χ4v) is 5.29. The van der Waals surface area contributed by atoms with Crippen LogP contribution in [0.2, 0.25) is 0 Å². The molecule has 1 saturated carbocycles. The molecule has 1 aliphatic carbocycles. The zero-order valence-electron chi connectivity index (χ0n) is 23.0. The van der Waals surface area contributed by atoms with Crippen molar-refractivity contribution in [3.8, 4) is 0 Å². The van der Waals surface area contributed by atoms with Crippen molar-refractivity contribution < 1.29 is 33.1 Å². The molecule has 0 bridgehead atoms. The summed E-state index contributed by atoms with van der Waals surface area (Å²) in [5, 5.41) is 8.42. The van der Waals surface area contributed by atoms with Gasteiger partial charge in [-0.05, 0) is 38.3 Å². The van der Waals surface area contributed by atoms with E-state index in [4.69, 9.17) is 13.9 Å². The van der Waals surface area contributed by atoms with Crippen LogP contribution in [-0.2, 0) is 35.1 Å². The van der Waals surface area contributed by atoms with Gasteiger partial charge in [-0.2, -0.15) is 0 Å². The van der Waals surface area contributed by atoms with Gasteiger partial charge in [-0.25, -0.2) is 0 Å². The first kappa shape index (κ1) is 29.2. The summed E-state index contributed by atoms with van der Waals surface area (Å²) in [6.07, 6.45) is 6.79. The number of ether oxygens (including phenoxy) is 2. The average Bonchev–Trinajstić information content (AvgIpc) is 3.28. The van der Waals surface area contributed by atoms with Crippen LogP contribution in [0.4, 0.5) is 0 Å². The maximum atomic E-state index is 13.5. The van der Waals surface area contributed by atoms with Crippen molar-refractivity contribution in [3.05, 3.63) is 24.2 Å². The quantitative estimate of drug-likeness (QED) is 0.293. The third kappa shape index (κ3) is 9.15. The molecule has 3 aliphatic rings. The predicted octanol–water partition coefficient (Wildman–Crippen LogP) is 0.957. The van der Waals surface area contributed by atoms with E-state index in [2.05, 4.69) is 16.0 Å². The monoisotopic (exact) mass is 546 g/mol. The highest BCUT2D eigenvalue weighted by molar-refractivity contribution is 5.95. The van der Waals surface area contributed by atoms with Gasteiger partial charge in [0.2, 0.25) is 17.7 Å². The summed E-state index contributed by atoms with van der Waals surface area (Å²) in [6.45, 7) is 6.65. The number of morpholine rings is 1. The van der Waals surface area contributed by atoms with E-state index in [1.165, 1.54) is 6.26 Å². The molecule has 3 heterocycles. The van der Waals surface area contributed by atoms with Crippen molar-refractivity contribution in [1.29, 1.82) is 0 Å². The van der Waals surface area contributed by atoms with Gasteiger partial charge < -0.3 is 29.8 Å². The zero-order valence-corrected chi connectivity index (χ0v) is 23.0. The Balaban J connectivity index is 1.38. The molecule has 0 aromatic carbocycles. The lowest BCUT2D eigenvalue weighted by molar-refractivity contribution is -0.133. The summed E-state index contributed by atoms with van der Waals surface area (Å²) in [5.74, 6) is -0.366. The first-order chi connectivity index (χ1) is 18.7. The summed E-state index contributed by atoms with van der Waals surface area (Å²) in [5.41, 5.74) is -0.452.